The fourth-order valence-corrected chi connectivity index (χ4v) is 2.62. The summed E-state index contributed by atoms with van der Waals surface area (Å²) in [6.45, 7) is 8.18. The average molecular weight is 384 g/mol. The third-order valence-electron chi connectivity index (χ3n) is 3.79. The topological polar surface area (TPSA) is 26.3 Å². The summed E-state index contributed by atoms with van der Waals surface area (Å²) >= 11 is 0. The third kappa shape index (κ3) is 6.53. The van der Waals surface area contributed by atoms with Crippen LogP contribution in [0.4, 0.5) is 26.3 Å². The van der Waals surface area contributed by atoms with Gasteiger partial charge in [-0.2, -0.15) is 26.3 Å². The number of halogens is 6. The maximum atomic E-state index is 12.5. The third-order valence-corrected chi connectivity index (χ3v) is 3.79. The Morgan fingerprint density at radius 3 is 1.77 bits per heavy atom. The number of ether oxygens (including phenoxy) is 1. The second kappa shape index (κ2) is 7.88. The molecule has 8 heteroatoms. The number of rotatable bonds is 5. The first-order chi connectivity index (χ1) is 11.6. The van der Waals surface area contributed by atoms with E-state index in [1.807, 2.05) is 6.92 Å². The minimum atomic E-state index is -5.73. The van der Waals surface area contributed by atoms with Crippen LogP contribution >= 0.6 is 0 Å². The van der Waals surface area contributed by atoms with Crippen molar-refractivity contribution in [2.24, 2.45) is 5.41 Å². The molecular formula is C18H22F6O2. The smallest absolute Gasteiger partial charge is 0.434 e. The predicted molar refractivity (Wildman–Crippen MR) is 84.9 cm³/mol. The van der Waals surface area contributed by atoms with E-state index in [0.29, 0.717) is 0 Å². The Balaban J connectivity index is 2.95. The van der Waals surface area contributed by atoms with Crippen molar-refractivity contribution in [2.45, 2.75) is 64.9 Å². The molecule has 0 amide bonds. The molecule has 148 valence electrons. The van der Waals surface area contributed by atoms with Gasteiger partial charge in [-0.25, -0.2) is 4.79 Å². The zero-order valence-corrected chi connectivity index (χ0v) is 15.0. The Hall–Kier alpha value is -1.73. The minimum Gasteiger partial charge on any atom is -0.439 e. The molecule has 0 saturated heterocycles. The molecule has 1 rings (SSSR count). The van der Waals surface area contributed by atoms with Crippen LogP contribution in [0.15, 0.2) is 24.3 Å². The summed E-state index contributed by atoms with van der Waals surface area (Å²) in [5.74, 6) is -1.50. The molecule has 0 aromatic heterocycles. The second-order valence-electron chi connectivity index (χ2n) is 7.36. The first-order valence-electron chi connectivity index (χ1n) is 8.09. The zero-order valence-electron chi connectivity index (χ0n) is 15.0. The second-order valence-corrected chi connectivity index (χ2v) is 7.36. The Morgan fingerprint density at radius 2 is 1.42 bits per heavy atom. The molecule has 0 aliphatic heterocycles. The highest BCUT2D eigenvalue weighted by Crippen LogP contribution is 2.37. The Morgan fingerprint density at radius 1 is 0.962 bits per heavy atom. The molecule has 1 unspecified atom stereocenters. The van der Waals surface area contributed by atoms with Crippen molar-refractivity contribution in [3.05, 3.63) is 35.4 Å². The van der Waals surface area contributed by atoms with Crippen LogP contribution < -0.4 is 0 Å². The van der Waals surface area contributed by atoms with Crippen LogP contribution in [-0.2, 0) is 4.74 Å². The molecule has 0 aliphatic rings. The van der Waals surface area contributed by atoms with Crippen molar-refractivity contribution in [3.63, 3.8) is 0 Å². The van der Waals surface area contributed by atoms with E-state index in [1.165, 1.54) is 24.3 Å². The van der Waals surface area contributed by atoms with Crippen LogP contribution in [0, 0.1) is 5.41 Å². The Kier molecular flexibility index (Phi) is 6.76. The van der Waals surface area contributed by atoms with Gasteiger partial charge in [0.25, 0.3) is 6.10 Å². The summed E-state index contributed by atoms with van der Waals surface area (Å²) < 4.78 is 78.5. The van der Waals surface area contributed by atoms with Crippen LogP contribution in [-0.4, -0.2) is 24.4 Å². The number of alkyl halides is 6. The molecule has 1 atom stereocenters. The van der Waals surface area contributed by atoms with E-state index in [9.17, 15) is 31.1 Å². The van der Waals surface area contributed by atoms with E-state index >= 15 is 0 Å². The summed E-state index contributed by atoms with van der Waals surface area (Å²) in [5.41, 5.74) is 0.547. The molecule has 0 aliphatic carbocycles. The lowest BCUT2D eigenvalue weighted by atomic mass is 9.80. The molecule has 0 spiro atoms. The van der Waals surface area contributed by atoms with Crippen LogP contribution in [0.2, 0.25) is 0 Å². The van der Waals surface area contributed by atoms with Crippen molar-refractivity contribution < 1.29 is 35.9 Å². The predicted octanol–water partition coefficient (Wildman–Crippen LogP) is 6.27. The highest BCUT2D eigenvalue weighted by molar-refractivity contribution is 5.89. The van der Waals surface area contributed by atoms with Crippen LogP contribution in [0.5, 0.6) is 0 Å². The summed E-state index contributed by atoms with van der Waals surface area (Å²) in [6.07, 6.45) is -13.9. The largest absolute Gasteiger partial charge is 0.439 e. The van der Waals surface area contributed by atoms with Crippen molar-refractivity contribution in [2.75, 3.05) is 0 Å². The van der Waals surface area contributed by atoms with Gasteiger partial charge in [0.05, 0.1) is 5.56 Å². The number of carbonyl (C=O) groups excluding carboxylic acids is 1. The Bertz CT molecular complexity index is 582. The Labute approximate surface area is 148 Å². The molecular weight excluding hydrogens is 362 g/mol. The number of hydrogen-bond donors (Lipinski definition) is 0. The molecule has 1 aromatic carbocycles. The van der Waals surface area contributed by atoms with Crippen LogP contribution in [0.1, 0.15) is 62.4 Å². The lowest BCUT2D eigenvalue weighted by Crippen LogP contribution is -2.45. The van der Waals surface area contributed by atoms with Crippen LogP contribution in [0.25, 0.3) is 0 Å². The van der Waals surface area contributed by atoms with Gasteiger partial charge in [-0.3, -0.25) is 0 Å². The zero-order chi connectivity index (χ0) is 20.3. The van der Waals surface area contributed by atoms with Crippen LogP contribution in [0.3, 0.4) is 0 Å². The van der Waals surface area contributed by atoms with Gasteiger partial charge in [-0.1, -0.05) is 39.8 Å². The van der Waals surface area contributed by atoms with Gasteiger partial charge in [0.2, 0.25) is 0 Å². The highest BCUT2D eigenvalue weighted by atomic mass is 19.4. The molecule has 0 bridgehead atoms. The molecule has 0 radical (unpaired) electrons. The van der Waals surface area contributed by atoms with Gasteiger partial charge in [0, 0.05) is 0 Å². The fraction of sp³-hybridized carbons (Fsp3) is 0.611. The highest BCUT2D eigenvalue weighted by Gasteiger charge is 2.59. The molecule has 0 saturated carbocycles. The number of esters is 1. The van der Waals surface area contributed by atoms with E-state index in [1.54, 1.807) is 0 Å². The van der Waals surface area contributed by atoms with E-state index in [2.05, 4.69) is 25.5 Å². The molecule has 0 N–H and O–H groups in total. The molecule has 26 heavy (non-hydrogen) atoms. The molecule has 1 aromatic rings. The summed E-state index contributed by atoms with van der Waals surface area (Å²) in [4.78, 5) is 11.7. The first kappa shape index (κ1) is 22.3. The summed E-state index contributed by atoms with van der Waals surface area (Å²) in [5, 5.41) is 0. The van der Waals surface area contributed by atoms with Gasteiger partial charge in [0.15, 0.2) is 0 Å². The van der Waals surface area contributed by atoms with Crippen molar-refractivity contribution in [3.8, 4) is 0 Å². The maximum absolute atomic E-state index is 12.5. The normalized spacial score (nSPS) is 14.4. The SMILES string of the molecule is CCC(CC(C)(C)C)c1ccc(C(=O)OC(C(F)(F)F)C(F)(F)F)cc1. The lowest BCUT2D eigenvalue weighted by Gasteiger charge is -2.26. The quantitative estimate of drug-likeness (QED) is 0.442. The number of hydrogen-bond acceptors (Lipinski definition) is 2. The van der Waals surface area contributed by atoms with Gasteiger partial charge in [-0.05, 0) is 41.9 Å². The summed E-state index contributed by atoms with van der Waals surface area (Å²) in [7, 11) is 0. The number of carbonyl (C=O) groups is 1. The van der Waals surface area contributed by atoms with E-state index in [4.69, 9.17) is 0 Å². The molecule has 2 nitrogen and oxygen atoms in total. The fourth-order valence-electron chi connectivity index (χ4n) is 2.62. The standard InChI is InChI=1S/C18H22F6O2/c1-5-11(10-16(2,3)4)12-6-8-13(9-7-12)14(25)26-15(17(19,20)21)18(22,23)24/h6-9,11,15H,5,10H2,1-4H3. The van der Waals surface area contributed by atoms with Crippen molar-refractivity contribution in [1.82, 2.24) is 0 Å². The summed E-state index contributed by atoms with van der Waals surface area (Å²) in [6, 6.07) is 5.44. The molecule has 0 heterocycles. The molecule has 0 fully saturated rings. The lowest BCUT2D eigenvalue weighted by molar-refractivity contribution is -0.307. The maximum Gasteiger partial charge on any atom is 0.434 e. The van der Waals surface area contributed by atoms with Crippen molar-refractivity contribution in [1.29, 1.82) is 0 Å². The van der Waals surface area contributed by atoms with Gasteiger partial charge >= 0.3 is 18.3 Å². The van der Waals surface area contributed by atoms with E-state index in [-0.39, 0.29) is 16.9 Å². The van der Waals surface area contributed by atoms with E-state index in [0.717, 1.165) is 18.4 Å². The van der Waals surface area contributed by atoms with Gasteiger partial charge < -0.3 is 4.74 Å². The van der Waals surface area contributed by atoms with Gasteiger partial charge in [0.1, 0.15) is 0 Å². The van der Waals surface area contributed by atoms with Crippen molar-refractivity contribution >= 4 is 5.97 Å². The minimum absolute atomic E-state index is 0.0465. The average Bonchev–Trinajstić information content (AvgIpc) is 2.47. The monoisotopic (exact) mass is 384 g/mol. The number of benzene rings is 1. The first-order valence-corrected chi connectivity index (χ1v) is 8.09. The van der Waals surface area contributed by atoms with E-state index < -0.39 is 24.4 Å². The van der Waals surface area contributed by atoms with Gasteiger partial charge in [-0.15, -0.1) is 0 Å².